The van der Waals surface area contributed by atoms with Gasteiger partial charge in [-0.3, -0.25) is 4.79 Å². The molecular weight excluding hydrogens is 172 g/mol. The van der Waals surface area contributed by atoms with Gasteiger partial charge in [0.15, 0.2) is 5.79 Å². The molecule has 0 bridgehead atoms. The molecule has 4 nitrogen and oxygen atoms in total. The van der Waals surface area contributed by atoms with Crippen LogP contribution in [0.25, 0.3) is 0 Å². The molecule has 0 aromatic heterocycles. The van der Waals surface area contributed by atoms with Gasteiger partial charge in [0.2, 0.25) is 0 Å². The molecule has 76 valence electrons. The highest BCUT2D eigenvalue weighted by Gasteiger charge is 2.42. The Bertz CT molecular complexity index is 186. The highest BCUT2D eigenvalue weighted by atomic mass is 16.7. The van der Waals surface area contributed by atoms with Crippen molar-refractivity contribution in [2.75, 3.05) is 21.3 Å². The van der Waals surface area contributed by atoms with Gasteiger partial charge in [-0.25, -0.2) is 0 Å². The summed E-state index contributed by atoms with van der Waals surface area (Å²) in [6.07, 6.45) is 2.11. The predicted molar refractivity (Wildman–Crippen MR) is 46.1 cm³/mol. The van der Waals surface area contributed by atoms with Gasteiger partial charge in [-0.1, -0.05) is 0 Å². The summed E-state index contributed by atoms with van der Waals surface area (Å²) in [5, 5.41) is 0. The van der Waals surface area contributed by atoms with Crippen molar-refractivity contribution >= 4 is 5.97 Å². The molecule has 4 heteroatoms. The fraction of sp³-hybridized carbons (Fsp3) is 0.889. The summed E-state index contributed by atoms with van der Waals surface area (Å²) >= 11 is 0. The highest BCUT2D eigenvalue weighted by molar-refractivity contribution is 5.72. The van der Waals surface area contributed by atoms with Crippen molar-refractivity contribution < 1.29 is 19.0 Å². The van der Waals surface area contributed by atoms with E-state index in [-0.39, 0.29) is 11.9 Å². The lowest BCUT2D eigenvalue weighted by Gasteiger charge is -2.25. The van der Waals surface area contributed by atoms with E-state index >= 15 is 0 Å². The molecule has 1 saturated carbocycles. The number of hydrogen-bond acceptors (Lipinski definition) is 4. The normalized spacial score (nSPS) is 25.9. The van der Waals surface area contributed by atoms with Crippen LogP contribution in [0.1, 0.15) is 19.3 Å². The molecule has 13 heavy (non-hydrogen) atoms. The highest BCUT2D eigenvalue weighted by Crippen LogP contribution is 2.37. The van der Waals surface area contributed by atoms with Crippen molar-refractivity contribution in [3.63, 3.8) is 0 Å². The average molecular weight is 188 g/mol. The first kappa shape index (κ1) is 10.5. The van der Waals surface area contributed by atoms with Crippen LogP contribution in [0.2, 0.25) is 0 Å². The molecule has 1 rings (SSSR count). The van der Waals surface area contributed by atoms with Gasteiger partial charge in [0.1, 0.15) is 0 Å². The first-order valence-electron chi connectivity index (χ1n) is 4.35. The van der Waals surface area contributed by atoms with Crippen LogP contribution in [-0.4, -0.2) is 33.1 Å². The molecule has 0 aromatic rings. The summed E-state index contributed by atoms with van der Waals surface area (Å²) in [5.74, 6) is -0.820. The van der Waals surface area contributed by atoms with Crippen molar-refractivity contribution in [3.8, 4) is 0 Å². The number of methoxy groups -OCH3 is 3. The van der Waals surface area contributed by atoms with Gasteiger partial charge in [-0.05, 0) is 6.42 Å². The monoisotopic (exact) mass is 188 g/mol. The van der Waals surface area contributed by atoms with Gasteiger partial charge in [0.05, 0.1) is 13.0 Å². The first-order valence-corrected chi connectivity index (χ1v) is 4.35. The average Bonchev–Trinajstić information content (AvgIpc) is 2.61. The Kier molecular flexibility index (Phi) is 3.27. The zero-order chi connectivity index (χ0) is 9.90. The lowest BCUT2D eigenvalue weighted by Crippen LogP contribution is -2.31. The van der Waals surface area contributed by atoms with E-state index in [4.69, 9.17) is 9.47 Å². The third-order valence-corrected chi connectivity index (χ3v) is 2.71. The van der Waals surface area contributed by atoms with E-state index in [0.717, 1.165) is 12.8 Å². The van der Waals surface area contributed by atoms with Crippen molar-refractivity contribution in [3.05, 3.63) is 0 Å². The third-order valence-electron chi connectivity index (χ3n) is 2.71. The minimum absolute atomic E-state index is 0.0788. The van der Waals surface area contributed by atoms with Crippen molar-refractivity contribution in [2.45, 2.75) is 25.0 Å². The number of carbonyl (C=O) groups is 1. The zero-order valence-electron chi connectivity index (χ0n) is 8.33. The molecule has 0 N–H and O–H groups in total. The largest absolute Gasteiger partial charge is 0.469 e. The van der Waals surface area contributed by atoms with E-state index in [9.17, 15) is 4.79 Å². The molecule has 0 saturated heterocycles. The maximum atomic E-state index is 11.2. The first-order chi connectivity index (χ1) is 6.17. The second kappa shape index (κ2) is 4.07. The molecule has 0 radical (unpaired) electrons. The number of rotatable bonds is 3. The van der Waals surface area contributed by atoms with E-state index in [1.165, 1.54) is 7.11 Å². The topological polar surface area (TPSA) is 44.8 Å². The number of esters is 1. The van der Waals surface area contributed by atoms with Crippen LogP contribution < -0.4 is 0 Å². The van der Waals surface area contributed by atoms with Crippen LogP contribution in [0.3, 0.4) is 0 Å². The summed E-state index contributed by atoms with van der Waals surface area (Å²) in [6, 6.07) is 0. The zero-order valence-corrected chi connectivity index (χ0v) is 8.33. The van der Waals surface area contributed by atoms with Crippen LogP contribution in [0.15, 0.2) is 0 Å². The summed E-state index contributed by atoms with van der Waals surface area (Å²) in [4.78, 5) is 11.2. The number of hydrogen-bond donors (Lipinski definition) is 0. The SMILES string of the molecule is COC(=O)C1CCC(OC)(OC)C1. The van der Waals surface area contributed by atoms with Crippen LogP contribution >= 0.6 is 0 Å². The van der Waals surface area contributed by atoms with E-state index in [2.05, 4.69) is 4.74 Å². The summed E-state index contributed by atoms with van der Waals surface area (Å²) in [5.41, 5.74) is 0. The fourth-order valence-corrected chi connectivity index (χ4v) is 1.80. The van der Waals surface area contributed by atoms with Gasteiger partial charge in [0.25, 0.3) is 0 Å². The Morgan fingerprint density at radius 3 is 2.31 bits per heavy atom. The predicted octanol–water partition coefficient (Wildman–Crippen LogP) is 0.949. The molecule has 1 aliphatic rings. The smallest absolute Gasteiger partial charge is 0.308 e. The van der Waals surface area contributed by atoms with E-state index in [0.29, 0.717) is 6.42 Å². The van der Waals surface area contributed by atoms with Crippen molar-refractivity contribution in [1.82, 2.24) is 0 Å². The number of ether oxygens (including phenoxy) is 3. The van der Waals surface area contributed by atoms with Gasteiger partial charge in [-0.2, -0.15) is 0 Å². The Balaban J connectivity index is 2.56. The molecular formula is C9H16O4. The van der Waals surface area contributed by atoms with Crippen LogP contribution in [0, 0.1) is 5.92 Å². The Labute approximate surface area is 78.2 Å². The lowest BCUT2D eigenvalue weighted by molar-refractivity contribution is -0.203. The van der Waals surface area contributed by atoms with Crippen molar-refractivity contribution in [1.29, 1.82) is 0 Å². The molecule has 1 atom stereocenters. The molecule has 0 amide bonds. The maximum Gasteiger partial charge on any atom is 0.308 e. The molecule has 1 fully saturated rings. The van der Waals surface area contributed by atoms with E-state index < -0.39 is 5.79 Å². The van der Waals surface area contributed by atoms with Gasteiger partial charge >= 0.3 is 5.97 Å². The Morgan fingerprint density at radius 1 is 1.31 bits per heavy atom. The summed E-state index contributed by atoms with van der Waals surface area (Å²) < 4.78 is 15.2. The number of carbonyl (C=O) groups excluding carboxylic acids is 1. The van der Waals surface area contributed by atoms with E-state index in [1.54, 1.807) is 14.2 Å². The minimum Gasteiger partial charge on any atom is -0.469 e. The maximum absolute atomic E-state index is 11.2. The Hall–Kier alpha value is -0.610. The summed E-state index contributed by atoms with van der Waals surface area (Å²) in [7, 11) is 4.61. The molecule has 0 aromatic carbocycles. The lowest BCUT2D eigenvalue weighted by atomic mass is 10.1. The minimum atomic E-state index is -0.571. The van der Waals surface area contributed by atoms with Gasteiger partial charge < -0.3 is 14.2 Å². The van der Waals surface area contributed by atoms with Crippen LogP contribution in [0.4, 0.5) is 0 Å². The fourth-order valence-electron chi connectivity index (χ4n) is 1.80. The van der Waals surface area contributed by atoms with Crippen LogP contribution in [0.5, 0.6) is 0 Å². The van der Waals surface area contributed by atoms with Crippen LogP contribution in [-0.2, 0) is 19.0 Å². The standard InChI is InChI=1S/C9H16O4/c1-11-8(10)7-4-5-9(6-7,12-2)13-3/h7H,4-6H2,1-3H3. The molecule has 0 aliphatic heterocycles. The molecule has 1 aliphatic carbocycles. The van der Waals surface area contributed by atoms with Crippen molar-refractivity contribution in [2.24, 2.45) is 5.92 Å². The second-order valence-corrected chi connectivity index (χ2v) is 3.28. The Morgan fingerprint density at radius 2 is 1.92 bits per heavy atom. The summed E-state index contributed by atoms with van der Waals surface area (Å²) in [6.45, 7) is 0. The van der Waals surface area contributed by atoms with Gasteiger partial charge in [0, 0.05) is 27.1 Å². The van der Waals surface area contributed by atoms with Gasteiger partial charge in [-0.15, -0.1) is 0 Å². The van der Waals surface area contributed by atoms with E-state index in [1.807, 2.05) is 0 Å². The molecule has 0 heterocycles. The second-order valence-electron chi connectivity index (χ2n) is 3.28. The third kappa shape index (κ3) is 2.00. The molecule has 0 spiro atoms. The molecule has 1 unspecified atom stereocenters. The quantitative estimate of drug-likeness (QED) is 0.488.